The van der Waals surface area contributed by atoms with Crippen LogP contribution in [0, 0.1) is 0 Å². The third kappa shape index (κ3) is 10.6. The lowest BCUT2D eigenvalue weighted by Gasteiger charge is -2.21. The van der Waals surface area contributed by atoms with Crippen LogP contribution in [0.1, 0.15) is 34.6 Å². The highest BCUT2D eigenvalue weighted by molar-refractivity contribution is 7.99. The van der Waals surface area contributed by atoms with Crippen LogP contribution in [0.5, 0.6) is 0 Å². The van der Waals surface area contributed by atoms with Gasteiger partial charge in [0.15, 0.2) is 0 Å². The van der Waals surface area contributed by atoms with Crippen molar-refractivity contribution in [3.63, 3.8) is 0 Å². The van der Waals surface area contributed by atoms with Gasteiger partial charge < -0.3 is 10.2 Å². The maximum Gasteiger partial charge on any atom is 0.00968 e. The van der Waals surface area contributed by atoms with Gasteiger partial charge in [-0.05, 0) is 33.9 Å². The largest absolute Gasteiger partial charge is 0.311 e. The number of thioether (sulfide) groups is 1. The molecule has 0 spiro atoms. The minimum atomic E-state index is 0.263. The topological polar surface area (TPSA) is 15.3 Å². The Morgan fingerprint density at radius 2 is 1.67 bits per heavy atom. The molecule has 15 heavy (non-hydrogen) atoms. The van der Waals surface area contributed by atoms with Gasteiger partial charge in [0.25, 0.3) is 0 Å². The van der Waals surface area contributed by atoms with E-state index in [4.69, 9.17) is 0 Å². The summed E-state index contributed by atoms with van der Waals surface area (Å²) in [7, 11) is 0. The molecule has 92 valence electrons. The summed E-state index contributed by atoms with van der Waals surface area (Å²) in [4.78, 5) is 2.48. The van der Waals surface area contributed by atoms with Crippen molar-refractivity contribution in [3.05, 3.63) is 0 Å². The zero-order chi connectivity index (χ0) is 11.7. The Morgan fingerprint density at radius 3 is 2.13 bits per heavy atom. The molecule has 0 aromatic heterocycles. The Balaban J connectivity index is 3.25. The number of hydrogen-bond acceptors (Lipinski definition) is 3. The summed E-state index contributed by atoms with van der Waals surface area (Å²) < 4.78 is 0. The molecule has 0 unspecified atom stereocenters. The molecule has 0 radical (unpaired) electrons. The molecular formula is C12H28N2S. The van der Waals surface area contributed by atoms with Gasteiger partial charge in [0, 0.05) is 30.1 Å². The number of nitrogens with zero attached hydrogens (tertiary/aromatic N) is 1. The average Bonchev–Trinajstić information content (AvgIpc) is 2.15. The summed E-state index contributed by atoms with van der Waals surface area (Å²) in [6.45, 7) is 15.8. The van der Waals surface area contributed by atoms with Crippen LogP contribution in [0.4, 0.5) is 0 Å². The molecule has 0 aromatic carbocycles. The van der Waals surface area contributed by atoms with Crippen LogP contribution in [-0.4, -0.2) is 48.1 Å². The Hall–Kier alpha value is 0.270. The second-order valence-electron chi connectivity index (χ2n) is 4.82. The first-order chi connectivity index (χ1) is 6.99. The predicted octanol–water partition coefficient (Wildman–Crippen LogP) is 2.45. The Kier molecular flexibility index (Phi) is 8.58. The van der Waals surface area contributed by atoms with E-state index in [0.29, 0.717) is 0 Å². The van der Waals surface area contributed by atoms with Crippen LogP contribution in [0.2, 0.25) is 0 Å². The van der Waals surface area contributed by atoms with Crippen molar-refractivity contribution in [1.82, 2.24) is 10.2 Å². The highest BCUT2D eigenvalue weighted by Gasteiger charge is 2.07. The fourth-order valence-corrected chi connectivity index (χ4v) is 2.17. The predicted molar refractivity (Wildman–Crippen MR) is 72.9 cm³/mol. The molecule has 0 aromatic rings. The molecule has 0 amide bonds. The molecule has 0 aliphatic rings. The van der Waals surface area contributed by atoms with Crippen molar-refractivity contribution in [2.24, 2.45) is 0 Å². The van der Waals surface area contributed by atoms with E-state index < -0.39 is 0 Å². The van der Waals surface area contributed by atoms with E-state index in [1.807, 2.05) is 11.8 Å². The third-order valence-corrected chi connectivity index (χ3v) is 3.31. The average molecular weight is 232 g/mol. The SMILES string of the molecule is CCN(CC)CCSCCNC(C)(C)C. The van der Waals surface area contributed by atoms with Crippen LogP contribution in [0.25, 0.3) is 0 Å². The lowest BCUT2D eigenvalue weighted by atomic mass is 10.1. The maximum absolute atomic E-state index is 3.50. The maximum atomic E-state index is 3.50. The molecule has 0 rings (SSSR count). The summed E-state index contributed by atoms with van der Waals surface area (Å²) in [5.74, 6) is 2.48. The fraction of sp³-hybridized carbons (Fsp3) is 1.00. The highest BCUT2D eigenvalue weighted by atomic mass is 32.2. The monoisotopic (exact) mass is 232 g/mol. The second-order valence-corrected chi connectivity index (χ2v) is 6.04. The molecule has 0 bridgehead atoms. The van der Waals surface area contributed by atoms with E-state index >= 15 is 0 Å². The van der Waals surface area contributed by atoms with Crippen molar-refractivity contribution >= 4 is 11.8 Å². The van der Waals surface area contributed by atoms with Crippen molar-refractivity contribution in [2.45, 2.75) is 40.2 Å². The van der Waals surface area contributed by atoms with Gasteiger partial charge in [-0.1, -0.05) is 13.8 Å². The molecule has 0 fully saturated rings. The standard InChI is InChI=1S/C12H28N2S/c1-6-14(7-2)9-11-15-10-8-13-12(3,4)5/h13H,6-11H2,1-5H3. The minimum absolute atomic E-state index is 0.263. The summed E-state index contributed by atoms with van der Waals surface area (Å²) in [5, 5.41) is 3.50. The summed E-state index contributed by atoms with van der Waals surface area (Å²) in [5.41, 5.74) is 0.263. The van der Waals surface area contributed by atoms with Gasteiger partial charge in [-0.3, -0.25) is 0 Å². The van der Waals surface area contributed by atoms with Gasteiger partial charge in [-0.2, -0.15) is 11.8 Å². The first-order valence-corrected chi connectivity index (χ1v) is 7.20. The second kappa shape index (κ2) is 8.43. The minimum Gasteiger partial charge on any atom is -0.311 e. The van der Waals surface area contributed by atoms with E-state index in [0.717, 1.165) is 6.54 Å². The van der Waals surface area contributed by atoms with E-state index in [-0.39, 0.29) is 5.54 Å². The quantitative estimate of drug-likeness (QED) is 0.647. The zero-order valence-corrected chi connectivity index (χ0v) is 11.9. The summed E-state index contributed by atoms with van der Waals surface area (Å²) in [6.07, 6.45) is 0. The fourth-order valence-electron chi connectivity index (χ4n) is 1.33. The lowest BCUT2D eigenvalue weighted by Crippen LogP contribution is -2.37. The summed E-state index contributed by atoms with van der Waals surface area (Å²) in [6, 6.07) is 0. The van der Waals surface area contributed by atoms with E-state index in [9.17, 15) is 0 Å². The van der Waals surface area contributed by atoms with Crippen LogP contribution in [0.15, 0.2) is 0 Å². The van der Waals surface area contributed by atoms with E-state index in [2.05, 4.69) is 44.8 Å². The van der Waals surface area contributed by atoms with Gasteiger partial charge in [0.05, 0.1) is 0 Å². The molecule has 3 heteroatoms. The molecular weight excluding hydrogens is 204 g/mol. The molecule has 0 aliphatic heterocycles. The molecule has 0 saturated carbocycles. The normalized spacial score (nSPS) is 12.4. The number of nitrogens with one attached hydrogen (secondary N) is 1. The number of rotatable bonds is 8. The van der Waals surface area contributed by atoms with Crippen LogP contribution >= 0.6 is 11.8 Å². The molecule has 2 nitrogen and oxygen atoms in total. The third-order valence-electron chi connectivity index (χ3n) is 2.35. The van der Waals surface area contributed by atoms with Gasteiger partial charge >= 0.3 is 0 Å². The Bertz CT molecular complexity index is 139. The molecule has 0 heterocycles. The van der Waals surface area contributed by atoms with Crippen LogP contribution in [0.3, 0.4) is 0 Å². The Labute approximate surface area is 100 Å². The molecule has 1 N–H and O–H groups in total. The molecule has 0 saturated heterocycles. The van der Waals surface area contributed by atoms with Crippen molar-refractivity contribution < 1.29 is 0 Å². The van der Waals surface area contributed by atoms with Gasteiger partial charge in [0.1, 0.15) is 0 Å². The summed E-state index contributed by atoms with van der Waals surface area (Å²) >= 11 is 2.05. The first-order valence-electron chi connectivity index (χ1n) is 6.04. The smallest absolute Gasteiger partial charge is 0.00968 e. The van der Waals surface area contributed by atoms with Gasteiger partial charge in [0.2, 0.25) is 0 Å². The van der Waals surface area contributed by atoms with Gasteiger partial charge in [-0.15, -0.1) is 0 Å². The van der Waals surface area contributed by atoms with Crippen molar-refractivity contribution in [3.8, 4) is 0 Å². The van der Waals surface area contributed by atoms with Gasteiger partial charge in [-0.25, -0.2) is 0 Å². The molecule has 0 aliphatic carbocycles. The lowest BCUT2D eigenvalue weighted by molar-refractivity contribution is 0.324. The highest BCUT2D eigenvalue weighted by Crippen LogP contribution is 2.02. The van der Waals surface area contributed by atoms with Crippen LogP contribution in [-0.2, 0) is 0 Å². The van der Waals surface area contributed by atoms with Crippen molar-refractivity contribution in [2.75, 3.05) is 37.7 Å². The molecule has 0 atom stereocenters. The Morgan fingerprint density at radius 1 is 1.07 bits per heavy atom. The number of hydrogen-bond donors (Lipinski definition) is 1. The first kappa shape index (κ1) is 15.3. The zero-order valence-electron chi connectivity index (χ0n) is 11.1. The van der Waals surface area contributed by atoms with E-state index in [1.54, 1.807) is 0 Å². The van der Waals surface area contributed by atoms with Crippen LogP contribution < -0.4 is 5.32 Å². The van der Waals surface area contributed by atoms with E-state index in [1.165, 1.54) is 31.1 Å². The van der Waals surface area contributed by atoms with Crippen molar-refractivity contribution in [1.29, 1.82) is 0 Å².